The molecule has 1 aliphatic heterocycles. The summed E-state index contributed by atoms with van der Waals surface area (Å²) < 4.78 is 10.3. The molecule has 0 unspecified atom stereocenters. The first-order valence-electron chi connectivity index (χ1n) is 5.89. The minimum absolute atomic E-state index is 0.159. The highest BCUT2D eigenvalue weighted by atomic mass is 16.5. The smallest absolute Gasteiger partial charge is 0.365 e. The van der Waals surface area contributed by atoms with Crippen LogP contribution in [0, 0.1) is 0 Å². The monoisotopic (exact) mass is 287 g/mol. The Balaban J connectivity index is 2.16. The molecule has 0 spiro atoms. The molecule has 0 bridgehead atoms. The van der Waals surface area contributed by atoms with Crippen LogP contribution >= 0.6 is 0 Å². The third kappa shape index (κ3) is 3.50. The lowest BCUT2D eigenvalue weighted by Crippen LogP contribution is -2.31. The summed E-state index contributed by atoms with van der Waals surface area (Å²) in [5.41, 5.74) is 0.991. The number of amidine groups is 1. The summed E-state index contributed by atoms with van der Waals surface area (Å²) in [5.74, 6) is 1.36. The van der Waals surface area contributed by atoms with Crippen molar-refractivity contribution >= 4 is 18.1 Å². The Labute approximate surface area is 120 Å². The Morgan fingerprint density at radius 3 is 2.71 bits per heavy atom. The zero-order valence-electron chi connectivity index (χ0n) is 11.5. The second-order valence-electron chi connectivity index (χ2n) is 3.88. The van der Waals surface area contributed by atoms with Crippen molar-refractivity contribution in [1.82, 2.24) is 5.32 Å². The van der Waals surface area contributed by atoms with E-state index in [2.05, 4.69) is 32.3 Å². The van der Waals surface area contributed by atoms with Crippen LogP contribution in [0.25, 0.3) is 0 Å². The quantitative estimate of drug-likeness (QED) is 0.678. The van der Waals surface area contributed by atoms with Gasteiger partial charge < -0.3 is 9.47 Å². The molecule has 2 rings (SSSR count). The summed E-state index contributed by atoms with van der Waals surface area (Å²) in [6.07, 6.45) is 1.50. The number of nitrogens with zero attached hydrogens (tertiary/aromatic N) is 4. The van der Waals surface area contributed by atoms with E-state index >= 15 is 0 Å². The molecule has 2 amide bonds. The van der Waals surface area contributed by atoms with Gasteiger partial charge in [0.1, 0.15) is 5.70 Å². The molecule has 0 atom stereocenters. The second-order valence-corrected chi connectivity index (χ2v) is 3.88. The van der Waals surface area contributed by atoms with Crippen molar-refractivity contribution in [3.8, 4) is 11.5 Å². The maximum atomic E-state index is 11.0. The van der Waals surface area contributed by atoms with Crippen LogP contribution in [0.2, 0.25) is 0 Å². The molecule has 0 radical (unpaired) electrons. The molecule has 1 N–H and O–H groups in total. The molecule has 108 valence electrons. The van der Waals surface area contributed by atoms with Crippen molar-refractivity contribution in [2.45, 2.75) is 0 Å². The Morgan fingerprint density at radius 2 is 2.00 bits per heavy atom. The van der Waals surface area contributed by atoms with Gasteiger partial charge >= 0.3 is 6.03 Å². The van der Waals surface area contributed by atoms with Gasteiger partial charge in [0.25, 0.3) is 0 Å². The number of amides is 2. The van der Waals surface area contributed by atoms with Gasteiger partial charge in [-0.25, -0.2) is 4.79 Å². The average Bonchev–Trinajstić information content (AvgIpc) is 2.50. The summed E-state index contributed by atoms with van der Waals surface area (Å²) in [4.78, 5) is 11.0. The molecule has 21 heavy (non-hydrogen) atoms. The van der Waals surface area contributed by atoms with Gasteiger partial charge in [-0.15, -0.1) is 10.2 Å². The highest BCUT2D eigenvalue weighted by Gasteiger charge is 2.14. The molecule has 0 aromatic heterocycles. The Hall–Kier alpha value is -3.03. The number of urea groups is 1. The lowest BCUT2D eigenvalue weighted by molar-refractivity contribution is 0.251. The molecule has 0 fully saturated rings. The number of nitrogens with one attached hydrogen (secondary N) is 1. The van der Waals surface area contributed by atoms with Crippen molar-refractivity contribution < 1.29 is 14.3 Å². The largest absolute Gasteiger partial charge is 0.493 e. The van der Waals surface area contributed by atoms with E-state index in [-0.39, 0.29) is 11.5 Å². The van der Waals surface area contributed by atoms with Gasteiger partial charge in [0.15, 0.2) is 17.3 Å². The van der Waals surface area contributed by atoms with E-state index in [1.807, 2.05) is 0 Å². The van der Waals surface area contributed by atoms with E-state index in [1.165, 1.54) is 6.21 Å². The summed E-state index contributed by atoms with van der Waals surface area (Å²) in [7, 11) is 3.11. The Morgan fingerprint density at radius 1 is 1.24 bits per heavy atom. The first-order chi connectivity index (χ1) is 10.1. The molecule has 1 aromatic carbocycles. The fourth-order valence-corrected chi connectivity index (χ4v) is 1.52. The first-order valence-corrected chi connectivity index (χ1v) is 5.89. The van der Waals surface area contributed by atoms with Crippen molar-refractivity contribution in [2.75, 3.05) is 14.2 Å². The van der Waals surface area contributed by atoms with Gasteiger partial charge in [-0.2, -0.15) is 5.10 Å². The molecule has 1 heterocycles. The number of hydrogen-bond donors (Lipinski definition) is 1. The first kappa shape index (κ1) is 14.4. The maximum Gasteiger partial charge on any atom is 0.365 e. The molecular formula is C13H13N5O3. The third-order valence-electron chi connectivity index (χ3n) is 2.53. The topological polar surface area (TPSA) is 97.0 Å². The zero-order chi connectivity index (χ0) is 15.2. The maximum absolute atomic E-state index is 11.0. The van der Waals surface area contributed by atoms with Crippen LogP contribution in [-0.4, -0.2) is 32.3 Å². The van der Waals surface area contributed by atoms with Crippen LogP contribution < -0.4 is 14.8 Å². The van der Waals surface area contributed by atoms with Crippen LogP contribution in [0.3, 0.4) is 0 Å². The SMILES string of the molecule is C=C1N=NC(=O)N/C1=N/N=C/c1ccc(OC)c(OC)c1. The molecule has 0 saturated heterocycles. The fraction of sp³-hybridized carbons (Fsp3) is 0.154. The highest BCUT2D eigenvalue weighted by Crippen LogP contribution is 2.26. The summed E-state index contributed by atoms with van der Waals surface area (Å²) in [6.45, 7) is 3.59. The lowest BCUT2D eigenvalue weighted by Gasteiger charge is -2.07. The predicted octanol–water partition coefficient (Wildman–Crippen LogP) is 2.13. The molecule has 8 heteroatoms. The molecule has 1 aliphatic rings. The minimum atomic E-state index is -0.609. The number of carbonyl (C=O) groups is 1. The summed E-state index contributed by atoms with van der Waals surface area (Å²) >= 11 is 0. The van der Waals surface area contributed by atoms with Gasteiger partial charge in [-0.05, 0) is 23.8 Å². The van der Waals surface area contributed by atoms with Gasteiger partial charge in [0.2, 0.25) is 0 Å². The normalized spacial score (nSPS) is 16.4. The van der Waals surface area contributed by atoms with Crippen LogP contribution in [0.5, 0.6) is 11.5 Å². The van der Waals surface area contributed by atoms with Crippen molar-refractivity contribution in [3.63, 3.8) is 0 Å². The summed E-state index contributed by atoms with van der Waals surface area (Å²) in [6, 6.07) is 4.68. The van der Waals surface area contributed by atoms with E-state index in [0.29, 0.717) is 11.5 Å². The zero-order valence-corrected chi connectivity index (χ0v) is 11.5. The van der Waals surface area contributed by atoms with Gasteiger partial charge in [0, 0.05) is 0 Å². The van der Waals surface area contributed by atoms with E-state index in [9.17, 15) is 4.79 Å². The van der Waals surface area contributed by atoms with Crippen LogP contribution in [0.15, 0.2) is 50.9 Å². The second kappa shape index (κ2) is 6.42. The molecule has 0 saturated carbocycles. The third-order valence-corrected chi connectivity index (χ3v) is 2.53. The standard InChI is InChI=1S/C13H13N5O3/c1-8-12(15-13(19)18-16-8)17-14-7-9-4-5-10(20-2)11(6-9)21-3/h4-7H,1H2,2-3H3,(H,15,17,19)/b14-7+. The molecular weight excluding hydrogens is 274 g/mol. The Kier molecular flexibility index (Phi) is 4.39. The lowest BCUT2D eigenvalue weighted by atomic mass is 10.2. The van der Waals surface area contributed by atoms with Crippen LogP contribution in [0.4, 0.5) is 4.79 Å². The number of methoxy groups -OCH3 is 2. The molecule has 0 aliphatic carbocycles. The average molecular weight is 287 g/mol. The van der Waals surface area contributed by atoms with E-state index in [0.717, 1.165) is 5.56 Å². The number of benzene rings is 1. The molecule has 8 nitrogen and oxygen atoms in total. The number of ether oxygens (including phenoxy) is 2. The summed E-state index contributed by atoms with van der Waals surface area (Å²) in [5, 5.41) is 16.9. The highest BCUT2D eigenvalue weighted by molar-refractivity contribution is 6.08. The van der Waals surface area contributed by atoms with Crippen molar-refractivity contribution in [2.24, 2.45) is 20.4 Å². The fourth-order valence-electron chi connectivity index (χ4n) is 1.52. The minimum Gasteiger partial charge on any atom is -0.493 e. The van der Waals surface area contributed by atoms with Crippen LogP contribution in [-0.2, 0) is 0 Å². The van der Waals surface area contributed by atoms with E-state index in [1.54, 1.807) is 32.4 Å². The number of azo groups is 1. The Bertz CT molecular complexity index is 664. The molecule has 1 aromatic rings. The van der Waals surface area contributed by atoms with E-state index < -0.39 is 6.03 Å². The van der Waals surface area contributed by atoms with Gasteiger partial charge in [-0.1, -0.05) is 11.7 Å². The number of hydrogen-bond acceptors (Lipinski definition) is 6. The van der Waals surface area contributed by atoms with Gasteiger partial charge in [0.05, 0.1) is 20.4 Å². The number of rotatable bonds is 4. The van der Waals surface area contributed by atoms with E-state index in [4.69, 9.17) is 9.47 Å². The van der Waals surface area contributed by atoms with Crippen molar-refractivity contribution in [3.05, 3.63) is 36.0 Å². The van der Waals surface area contributed by atoms with Crippen molar-refractivity contribution in [1.29, 1.82) is 0 Å². The predicted molar refractivity (Wildman–Crippen MR) is 77.1 cm³/mol. The number of carbonyl (C=O) groups excluding carboxylic acids is 1. The van der Waals surface area contributed by atoms with Crippen LogP contribution in [0.1, 0.15) is 5.56 Å². The van der Waals surface area contributed by atoms with Gasteiger partial charge in [-0.3, -0.25) is 5.32 Å².